The van der Waals surface area contributed by atoms with Crippen LogP contribution >= 0.6 is 0 Å². The molecule has 2 unspecified atom stereocenters. The Bertz CT molecular complexity index is 947. The van der Waals surface area contributed by atoms with Crippen molar-refractivity contribution in [3.63, 3.8) is 0 Å². The highest BCUT2D eigenvalue weighted by Gasteiger charge is 2.29. The van der Waals surface area contributed by atoms with Gasteiger partial charge in [0, 0.05) is 39.3 Å². The lowest BCUT2D eigenvalue weighted by Crippen LogP contribution is -2.49. The van der Waals surface area contributed by atoms with Gasteiger partial charge in [0.25, 0.3) is 5.91 Å². The maximum Gasteiger partial charge on any atom is 0.340 e. The number of hydrogen-bond acceptors (Lipinski definition) is 7. The lowest BCUT2D eigenvalue weighted by Gasteiger charge is -2.35. The number of carbonyl (C=O) groups is 2. The predicted octanol–water partition coefficient (Wildman–Crippen LogP) is 2.11. The first-order valence-corrected chi connectivity index (χ1v) is 13.1. The Kier molecular flexibility index (Phi) is 8.36. The minimum atomic E-state index is -3.74. The molecule has 0 aromatic heterocycles. The first kappa shape index (κ1) is 25.5. The van der Waals surface area contributed by atoms with Crippen LogP contribution in [0.25, 0.3) is 0 Å². The van der Waals surface area contributed by atoms with Crippen LogP contribution in [0.2, 0.25) is 0 Å². The third kappa shape index (κ3) is 5.85. The van der Waals surface area contributed by atoms with E-state index in [-0.39, 0.29) is 28.6 Å². The van der Waals surface area contributed by atoms with Gasteiger partial charge in [-0.15, -0.1) is 0 Å². The topological polar surface area (TPSA) is 96.5 Å². The fourth-order valence-corrected chi connectivity index (χ4v) is 5.95. The average Bonchev–Trinajstić information content (AvgIpc) is 3.31. The van der Waals surface area contributed by atoms with Crippen molar-refractivity contribution in [3.05, 3.63) is 23.8 Å². The van der Waals surface area contributed by atoms with Crippen LogP contribution in [0.3, 0.4) is 0 Å². The van der Waals surface area contributed by atoms with Gasteiger partial charge in [-0.05, 0) is 44.9 Å². The van der Waals surface area contributed by atoms with Gasteiger partial charge in [0.15, 0.2) is 6.61 Å². The zero-order valence-corrected chi connectivity index (χ0v) is 20.8. The van der Waals surface area contributed by atoms with Crippen molar-refractivity contribution in [2.75, 3.05) is 50.8 Å². The van der Waals surface area contributed by atoms with Crippen LogP contribution in [0.15, 0.2) is 23.1 Å². The number of ether oxygens (including phenoxy) is 2. The summed E-state index contributed by atoms with van der Waals surface area (Å²) in [5.41, 5.74) is 0.804. The van der Waals surface area contributed by atoms with Gasteiger partial charge in [-0.1, -0.05) is 13.8 Å². The summed E-state index contributed by atoms with van der Waals surface area (Å²) >= 11 is 0. The van der Waals surface area contributed by atoms with Crippen LogP contribution in [-0.4, -0.2) is 87.6 Å². The van der Waals surface area contributed by atoms with Crippen molar-refractivity contribution in [2.24, 2.45) is 0 Å². The zero-order valence-electron chi connectivity index (χ0n) is 20.0. The maximum absolute atomic E-state index is 13.1. The summed E-state index contributed by atoms with van der Waals surface area (Å²) in [6, 6.07) is 4.60. The number of morpholine rings is 1. The fourth-order valence-electron chi connectivity index (χ4n) is 4.46. The van der Waals surface area contributed by atoms with E-state index >= 15 is 0 Å². The molecule has 10 heteroatoms. The van der Waals surface area contributed by atoms with Crippen molar-refractivity contribution < 1.29 is 27.5 Å². The highest BCUT2D eigenvalue weighted by atomic mass is 32.2. The van der Waals surface area contributed by atoms with E-state index in [9.17, 15) is 18.0 Å². The molecule has 1 amide bonds. The van der Waals surface area contributed by atoms with E-state index in [2.05, 4.69) is 4.90 Å². The Hall–Kier alpha value is -2.17. The van der Waals surface area contributed by atoms with E-state index in [0.717, 1.165) is 25.9 Å². The Balaban J connectivity index is 1.82. The Morgan fingerprint density at radius 1 is 1.09 bits per heavy atom. The third-order valence-corrected chi connectivity index (χ3v) is 8.12. The molecule has 0 radical (unpaired) electrons. The minimum Gasteiger partial charge on any atom is -0.452 e. The molecular weight excluding hydrogens is 446 g/mol. The zero-order chi connectivity index (χ0) is 24.2. The number of carbonyl (C=O) groups excluding carboxylic acids is 2. The normalized spacial score (nSPS) is 21.5. The molecule has 1 aromatic carbocycles. The summed E-state index contributed by atoms with van der Waals surface area (Å²) in [5, 5.41) is 0. The number of hydrogen-bond donors (Lipinski definition) is 0. The standard InChI is InChI=1S/C23H35N3O6S/c1-5-26(6-2)33(29,30)19-9-10-21(24-11-7-8-12-24)20(13-19)23(28)31-16-22(27)25-14-17(3)32-18(4)15-25/h9-10,13,17-18H,5-8,11-12,14-16H2,1-4H3. The molecule has 0 bridgehead atoms. The Labute approximate surface area is 196 Å². The molecule has 2 atom stereocenters. The fraction of sp³-hybridized carbons (Fsp3) is 0.652. The molecule has 184 valence electrons. The molecule has 0 N–H and O–H groups in total. The summed E-state index contributed by atoms with van der Waals surface area (Å²) in [5.74, 6) is -0.990. The molecule has 2 aliphatic rings. The predicted molar refractivity (Wildman–Crippen MR) is 125 cm³/mol. The molecule has 2 fully saturated rings. The van der Waals surface area contributed by atoms with E-state index in [0.29, 0.717) is 31.9 Å². The summed E-state index contributed by atoms with van der Waals surface area (Å²) in [6.07, 6.45) is 1.83. The summed E-state index contributed by atoms with van der Waals surface area (Å²) in [7, 11) is -3.74. The van der Waals surface area contributed by atoms with Crippen LogP contribution in [0.5, 0.6) is 0 Å². The molecule has 0 aliphatic carbocycles. The summed E-state index contributed by atoms with van der Waals surface area (Å²) in [6.45, 7) is 10.0. The summed E-state index contributed by atoms with van der Waals surface area (Å²) < 4.78 is 38.4. The van der Waals surface area contributed by atoms with E-state index in [4.69, 9.17) is 9.47 Å². The van der Waals surface area contributed by atoms with Crippen LogP contribution in [0.4, 0.5) is 5.69 Å². The second-order valence-electron chi connectivity index (χ2n) is 8.59. The van der Waals surface area contributed by atoms with Crippen molar-refractivity contribution in [2.45, 2.75) is 57.6 Å². The number of benzene rings is 1. The smallest absolute Gasteiger partial charge is 0.340 e. The minimum absolute atomic E-state index is 0.0447. The molecule has 0 saturated carbocycles. The van der Waals surface area contributed by atoms with E-state index in [1.54, 1.807) is 30.9 Å². The first-order chi connectivity index (χ1) is 15.7. The van der Waals surface area contributed by atoms with Gasteiger partial charge in [-0.2, -0.15) is 4.31 Å². The number of sulfonamides is 1. The summed E-state index contributed by atoms with van der Waals surface area (Å²) in [4.78, 5) is 29.4. The Morgan fingerprint density at radius 2 is 1.70 bits per heavy atom. The van der Waals surface area contributed by atoms with E-state index in [1.165, 1.54) is 10.4 Å². The van der Waals surface area contributed by atoms with Crippen molar-refractivity contribution in [1.29, 1.82) is 0 Å². The molecule has 2 aliphatic heterocycles. The molecule has 33 heavy (non-hydrogen) atoms. The van der Waals surface area contributed by atoms with Crippen LogP contribution in [0, 0.1) is 0 Å². The number of esters is 1. The van der Waals surface area contributed by atoms with Crippen LogP contribution in [0.1, 0.15) is 50.9 Å². The lowest BCUT2D eigenvalue weighted by molar-refractivity contribution is -0.146. The maximum atomic E-state index is 13.1. The number of nitrogens with zero attached hydrogens (tertiary/aromatic N) is 3. The number of amides is 1. The van der Waals surface area contributed by atoms with Crippen LogP contribution < -0.4 is 4.90 Å². The first-order valence-electron chi connectivity index (χ1n) is 11.7. The third-order valence-electron chi connectivity index (χ3n) is 6.08. The molecule has 2 saturated heterocycles. The molecule has 3 rings (SSSR count). The molecule has 9 nitrogen and oxygen atoms in total. The van der Waals surface area contributed by atoms with E-state index in [1.807, 2.05) is 13.8 Å². The van der Waals surface area contributed by atoms with Gasteiger partial charge in [0.05, 0.1) is 28.4 Å². The second kappa shape index (κ2) is 10.8. The van der Waals surface area contributed by atoms with E-state index < -0.39 is 22.6 Å². The second-order valence-corrected chi connectivity index (χ2v) is 10.5. The van der Waals surface area contributed by atoms with Gasteiger partial charge in [0.1, 0.15) is 0 Å². The highest BCUT2D eigenvalue weighted by molar-refractivity contribution is 7.89. The van der Waals surface area contributed by atoms with Crippen molar-refractivity contribution in [3.8, 4) is 0 Å². The van der Waals surface area contributed by atoms with Gasteiger partial charge in [-0.3, -0.25) is 4.79 Å². The van der Waals surface area contributed by atoms with Gasteiger partial charge < -0.3 is 19.3 Å². The highest BCUT2D eigenvalue weighted by Crippen LogP contribution is 2.29. The van der Waals surface area contributed by atoms with Gasteiger partial charge in [0.2, 0.25) is 10.0 Å². The molecule has 1 aromatic rings. The van der Waals surface area contributed by atoms with Crippen molar-refractivity contribution in [1.82, 2.24) is 9.21 Å². The molecule has 0 spiro atoms. The van der Waals surface area contributed by atoms with Crippen LogP contribution in [-0.2, 0) is 24.3 Å². The van der Waals surface area contributed by atoms with Gasteiger partial charge in [-0.25, -0.2) is 13.2 Å². The number of anilines is 1. The molecule has 2 heterocycles. The van der Waals surface area contributed by atoms with Gasteiger partial charge >= 0.3 is 5.97 Å². The monoisotopic (exact) mass is 481 g/mol. The largest absolute Gasteiger partial charge is 0.452 e. The Morgan fingerprint density at radius 3 is 2.27 bits per heavy atom. The average molecular weight is 482 g/mol. The molecular formula is C23H35N3O6S. The number of rotatable bonds is 8. The lowest BCUT2D eigenvalue weighted by atomic mass is 10.1. The SMILES string of the molecule is CCN(CC)S(=O)(=O)c1ccc(N2CCCC2)c(C(=O)OCC(=O)N2CC(C)OC(C)C2)c1. The van der Waals surface area contributed by atoms with Crippen molar-refractivity contribution >= 4 is 27.6 Å². The quantitative estimate of drug-likeness (QED) is 0.525.